The second kappa shape index (κ2) is 9.71. The second-order valence-corrected chi connectivity index (χ2v) is 8.86. The number of nitrogens with zero attached hydrogens (tertiary/aromatic N) is 3. The molecule has 1 aromatic heterocycles. The number of anilines is 1. The van der Waals surface area contributed by atoms with Gasteiger partial charge >= 0.3 is 5.97 Å². The number of carboxylic acid groups (broad SMARTS) is 1. The quantitative estimate of drug-likeness (QED) is 0.533. The van der Waals surface area contributed by atoms with Crippen molar-refractivity contribution >= 4 is 11.9 Å². The van der Waals surface area contributed by atoms with Crippen molar-refractivity contribution in [2.75, 3.05) is 18.6 Å². The maximum atomic E-state index is 11.9. The van der Waals surface area contributed by atoms with Gasteiger partial charge in [0.25, 0.3) is 0 Å². The van der Waals surface area contributed by atoms with E-state index in [4.69, 9.17) is 9.47 Å². The van der Waals surface area contributed by atoms with Gasteiger partial charge in [-0.05, 0) is 67.9 Å². The predicted octanol–water partition coefficient (Wildman–Crippen LogP) is 4.98. The van der Waals surface area contributed by atoms with Crippen LogP contribution in [0.1, 0.15) is 64.5 Å². The number of fused-ring (bicyclic) bond motifs is 1. The maximum absolute atomic E-state index is 11.9. The number of carbonyl (C=O) groups is 1. The van der Waals surface area contributed by atoms with Crippen LogP contribution in [0.5, 0.6) is 11.5 Å². The van der Waals surface area contributed by atoms with Gasteiger partial charge in [-0.1, -0.05) is 24.3 Å². The smallest absolute Gasteiger partial charge is 0.339 e. The van der Waals surface area contributed by atoms with E-state index in [0.717, 1.165) is 49.3 Å². The molecular formula is C27H29N3O4. The number of aryl methyl sites for hydroxylation is 2. The van der Waals surface area contributed by atoms with Crippen molar-refractivity contribution in [3.63, 3.8) is 0 Å². The van der Waals surface area contributed by atoms with E-state index in [0.29, 0.717) is 11.6 Å². The minimum Gasteiger partial charge on any atom is -0.496 e. The maximum Gasteiger partial charge on any atom is 0.339 e. The van der Waals surface area contributed by atoms with Crippen LogP contribution in [0.4, 0.5) is 5.95 Å². The van der Waals surface area contributed by atoms with Gasteiger partial charge in [0.15, 0.2) is 0 Å². The van der Waals surface area contributed by atoms with Gasteiger partial charge in [-0.25, -0.2) is 14.8 Å². The fourth-order valence-electron chi connectivity index (χ4n) is 5.06. The average Bonchev–Trinajstić information content (AvgIpc) is 3.37. The molecule has 2 aromatic carbocycles. The Labute approximate surface area is 199 Å². The van der Waals surface area contributed by atoms with Gasteiger partial charge in [-0.3, -0.25) is 0 Å². The molecule has 0 unspecified atom stereocenters. The number of para-hydroxylation sites is 1. The highest BCUT2D eigenvalue weighted by Gasteiger charge is 2.31. The molecule has 1 N–H and O–H groups in total. The molecule has 34 heavy (non-hydrogen) atoms. The number of aromatic carboxylic acids is 1. The second-order valence-electron chi connectivity index (χ2n) is 8.86. The van der Waals surface area contributed by atoms with Crippen LogP contribution >= 0.6 is 0 Å². The molecule has 1 fully saturated rings. The van der Waals surface area contributed by atoms with Crippen molar-refractivity contribution < 1.29 is 19.4 Å². The number of hydrogen-bond acceptors (Lipinski definition) is 6. The molecule has 0 bridgehead atoms. The number of methoxy groups -OCH3 is 1. The van der Waals surface area contributed by atoms with Crippen molar-refractivity contribution in [1.29, 1.82) is 0 Å². The van der Waals surface area contributed by atoms with Crippen molar-refractivity contribution in [3.05, 3.63) is 76.6 Å². The summed E-state index contributed by atoms with van der Waals surface area (Å²) in [6.07, 6.45) is 7.93. The molecule has 5 rings (SSSR count). The monoisotopic (exact) mass is 459 g/mol. The molecule has 1 aliphatic carbocycles. The Bertz CT molecular complexity index is 1200. The number of ether oxygens (including phenoxy) is 2. The fraction of sp³-hybridized carbons (Fsp3) is 0.370. The summed E-state index contributed by atoms with van der Waals surface area (Å²) < 4.78 is 11.6. The summed E-state index contributed by atoms with van der Waals surface area (Å²) in [6, 6.07) is 14.2. The normalized spacial score (nSPS) is 17.3. The molecule has 1 atom stereocenters. The number of rotatable bonds is 7. The lowest BCUT2D eigenvalue weighted by molar-refractivity contribution is 0.0692. The molecule has 3 aromatic rings. The highest BCUT2D eigenvalue weighted by Crippen LogP contribution is 2.38. The number of carboxylic acids is 1. The molecule has 7 heteroatoms. The first-order valence-electron chi connectivity index (χ1n) is 11.9. The van der Waals surface area contributed by atoms with Crippen LogP contribution in [-0.4, -0.2) is 34.7 Å². The van der Waals surface area contributed by atoms with E-state index < -0.39 is 5.97 Å². The zero-order valence-electron chi connectivity index (χ0n) is 19.4. The summed E-state index contributed by atoms with van der Waals surface area (Å²) in [7, 11) is 1.67. The largest absolute Gasteiger partial charge is 0.496 e. The minimum absolute atomic E-state index is 0.0646. The van der Waals surface area contributed by atoms with Crippen molar-refractivity contribution in [3.8, 4) is 11.5 Å². The Balaban J connectivity index is 1.41. The van der Waals surface area contributed by atoms with Gasteiger partial charge in [0.2, 0.25) is 5.95 Å². The minimum atomic E-state index is -1.06. The van der Waals surface area contributed by atoms with E-state index in [1.807, 2.05) is 24.3 Å². The summed E-state index contributed by atoms with van der Waals surface area (Å²) in [5, 5.41) is 9.71. The van der Waals surface area contributed by atoms with Crippen LogP contribution in [0.25, 0.3) is 0 Å². The Kier molecular flexibility index (Phi) is 6.34. The zero-order valence-corrected chi connectivity index (χ0v) is 19.4. The number of aromatic nitrogens is 2. The van der Waals surface area contributed by atoms with Crippen LogP contribution in [-0.2, 0) is 19.4 Å². The molecule has 1 saturated heterocycles. The summed E-state index contributed by atoms with van der Waals surface area (Å²) in [4.78, 5) is 23.1. The van der Waals surface area contributed by atoms with Crippen LogP contribution in [0.3, 0.4) is 0 Å². The topological polar surface area (TPSA) is 84.8 Å². The third-order valence-electron chi connectivity index (χ3n) is 6.79. The third kappa shape index (κ3) is 4.42. The summed E-state index contributed by atoms with van der Waals surface area (Å²) >= 11 is 0. The van der Waals surface area contributed by atoms with Gasteiger partial charge < -0.3 is 19.5 Å². The fourth-order valence-corrected chi connectivity index (χ4v) is 5.06. The molecule has 1 aliphatic heterocycles. The Morgan fingerprint density at radius 3 is 2.76 bits per heavy atom. The SMILES string of the molecule is COc1ccccc1[C@H]1CCCN1c1ncc(C(=O)O)c(COc2ccc3c(c2)CCCC3)n1. The van der Waals surface area contributed by atoms with Crippen molar-refractivity contribution in [2.45, 2.75) is 51.2 Å². The first-order valence-corrected chi connectivity index (χ1v) is 11.9. The van der Waals surface area contributed by atoms with Crippen LogP contribution in [0.2, 0.25) is 0 Å². The van der Waals surface area contributed by atoms with E-state index in [-0.39, 0.29) is 18.2 Å². The molecule has 0 amide bonds. The average molecular weight is 460 g/mol. The first kappa shape index (κ1) is 22.2. The van der Waals surface area contributed by atoms with Gasteiger partial charge in [0, 0.05) is 18.3 Å². The lowest BCUT2D eigenvalue weighted by Gasteiger charge is -2.26. The Morgan fingerprint density at radius 1 is 1.12 bits per heavy atom. The molecule has 7 nitrogen and oxygen atoms in total. The van der Waals surface area contributed by atoms with Crippen molar-refractivity contribution in [1.82, 2.24) is 9.97 Å². The van der Waals surface area contributed by atoms with Crippen LogP contribution in [0.15, 0.2) is 48.7 Å². The Hall–Kier alpha value is -3.61. The molecule has 0 spiro atoms. The van der Waals surface area contributed by atoms with Gasteiger partial charge in [-0.15, -0.1) is 0 Å². The summed E-state index contributed by atoms with van der Waals surface area (Å²) in [6.45, 7) is 0.864. The summed E-state index contributed by atoms with van der Waals surface area (Å²) in [5.41, 5.74) is 4.23. The van der Waals surface area contributed by atoms with Crippen LogP contribution < -0.4 is 14.4 Å². The Morgan fingerprint density at radius 2 is 1.94 bits per heavy atom. The third-order valence-corrected chi connectivity index (χ3v) is 6.79. The molecule has 0 radical (unpaired) electrons. The number of benzene rings is 2. The molecule has 2 aliphatic rings. The van der Waals surface area contributed by atoms with Crippen molar-refractivity contribution in [2.24, 2.45) is 0 Å². The van der Waals surface area contributed by atoms with E-state index in [2.05, 4.69) is 33.1 Å². The van der Waals surface area contributed by atoms with Gasteiger partial charge in [0.05, 0.1) is 18.8 Å². The molecule has 2 heterocycles. The molecular weight excluding hydrogens is 430 g/mol. The first-order chi connectivity index (χ1) is 16.6. The number of hydrogen-bond donors (Lipinski definition) is 1. The van der Waals surface area contributed by atoms with E-state index in [9.17, 15) is 9.90 Å². The lowest BCUT2D eigenvalue weighted by atomic mass is 9.92. The lowest BCUT2D eigenvalue weighted by Crippen LogP contribution is -2.26. The summed E-state index contributed by atoms with van der Waals surface area (Å²) in [5.74, 6) is 1.03. The van der Waals surface area contributed by atoms with Crippen LogP contribution in [0, 0.1) is 0 Å². The van der Waals surface area contributed by atoms with Gasteiger partial charge in [-0.2, -0.15) is 0 Å². The molecule has 0 saturated carbocycles. The van der Waals surface area contributed by atoms with E-state index in [1.54, 1.807) is 7.11 Å². The highest BCUT2D eigenvalue weighted by atomic mass is 16.5. The predicted molar refractivity (Wildman–Crippen MR) is 129 cm³/mol. The molecule has 176 valence electrons. The highest BCUT2D eigenvalue weighted by molar-refractivity contribution is 5.88. The van der Waals surface area contributed by atoms with E-state index >= 15 is 0 Å². The zero-order chi connectivity index (χ0) is 23.5. The van der Waals surface area contributed by atoms with Gasteiger partial charge in [0.1, 0.15) is 23.7 Å². The van der Waals surface area contributed by atoms with E-state index in [1.165, 1.54) is 30.2 Å². The standard InChI is InChI=1S/C27H29N3O4/c1-33-25-11-5-4-9-21(25)24-10-6-14-30(24)27-28-16-22(26(31)32)23(29-27)17-34-20-13-12-18-7-2-3-8-19(18)15-20/h4-5,9,11-13,15-16,24H,2-3,6-8,10,14,17H2,1H3,(H,31,32)/t24-/m1/s1.